The van der Waals surface area contributed by atoms with Gasteiger partial charge in [-0.1, -0.05) is 48.7 Å². The van der Waals surface area contributed by atoms with Crippen LogP contribution >= 0.6 is 0 Å². The van der Waals surface area contributed by atoms with Crippen molar-refractivity contribution in [1.82, 2.24) is 9.21 Å². The highest BCUT2D eigenvalue weighted by Crippen LogP contribution is 2.35. The molecule has 0 spiro atoms. The van der Waals surface area contributed by atoms with Crippen LogP contribution in [-0.2, 0) is 21.4 Å². The predicted molar refractivity (Wildman–Crippen MR) is 124 cm³/mol. The number of amides is 1. The normalized spacial score (nSPS) is 23.2. The smallest absolute Gasteiger partial charge is 0.243 e. The van der Waals surface area contributed by atoms with Crippen LogP contribution in [0, 0.1) is 12.8 Å². The van der Waals surface area contributed by atoms with Gasteiger partial charge < -0.3 is 9.64 Å². The summed E-state index contributed by atoms with van der Waals surface area (Å²) < 4.78 is 33.8. The Morgan fingerprint density at radius 3 is 2.38 bits per heavy atom. The van der Waals surface area contributed by atoms with E-state index < -0.39 is 10.0 Å². The second-order valence-electron chi connectivity index (χ2n) is 8.55. The summed E-state index contributed by atoms with van der Waals surface area (Å²) in [6.45, 7) is 2.64. The van der Waals surface area contributed by atoms with E-state index in [4.69, 9.17) is 4.74 Å². The van der Waals surface area contributed by atoms with Crippen molar-refractivity contribution >= 4 is 15.9 Å². The zero-order chi connectivity index (χ0) is 22.7. The average Bonchev–Trinajstić information content (AvgIpc) is 2.80. The molecule has 1 saturated carbocycles. The Morgan fingerprint density at radius 2 is 1.69 bits per heavy atom. The van der Waals surface area contributed by atoms with Gasteiger partial charge in [0.05, 0.1) is 24.5 Å². The maximum atomic E-state index is 13.5. The Labute approximate surface area is 190 Å². The highest BCUT2D eigenvalue weighted by atomic mass is 32.2. The predicted octanol–water partition coefficient (Wildman–Crippen LogP) is 4.11. The third-order valence-corrected chi connectivity index (χ3v) is 8.32. The zero-order valence-electron chi connectivity index (χ0n) is 18.6. The van der Waals surface area contributed by atoms with Gasteiger partial charge in [0, 0.05) is 18.8 Å². The topological polar surface area (TPSA) is 66.9 Å². The van der Waals surface area contributed by atoms with Gasteiger partial charge in [-0.2, -0.15) is 4.31 Å². The van der Waals surface area contributed by atoms with Crippen LogP contribution in [0.4, 0.5) is 0 Å². The number of rotatable bonds is 5. The number of carbonyl (C=O) groups excluding carboxylic acids is 1. The molecule has 0 aromatic heterocycles. The van der Waals surface area contributed by atoms with Gasteiger partial charge in [-0.3, -0.25) is 4.79 Å². The van der Waals surface area contributed by atoms with E-state index in [0.29, 0.717) is 19.4 Å². The number of fused-ring (bicyclic) bond motifs is 1. The van der Waals surface area contributed by atoms with Crippen LogP contribution < -0.4 is 4.74 Å². The monoisotopic (exact) mass is 454 g/mol. The van der Waals surface area contributed by atoms with Crippen molar-refractivity contribution in [2.75, 3.05) is 13.7 Å². The highest BCUT2D eigenvalue weighted by molar-refractivity contribution is 7.89. The van der Waals surface area contributed by atoms with E-state index in [2.05, 4.69) is 0 Å². The minimum atomic E-state index is -3.70. The van der Waals surface area contributed by atoms with Crippen LogP contribution in [0.15, 0.2) is 65.7 Å². The van der Waals surface area contributed by atoms with Crippen molar-refractivity contribution in [2.45, 2.75) is 50.1 Å². The Bertz CT molecular complexity index is 1080. The van der Waals surface area contributed by atoms with Crippen LogP contribution in [0.5, 0.6) is 5.75 Å². The first-order valence-electron chi connectivity index (χ1n) is 11.1. The van der Waals surface area contributed by atoms with Gasteiger partial charge in [0.15, 0.2) is 0 Å². The number of sulfonamides is 1. The van der Waals surface area contributed by atoms with E-state index in [1.54, 1.807) is 40.7 Å². The quantitative estimate of drug-likeness (QED) is 0.682. The molecule has 1 heterocycles. The molecule has 2 aromatic carbocycles. The molecule has 32 heavy (non-hydrogen) atoms. The van der Waals surface area contributed by atoms with Crippen molar-refractivity contribution in [1.29, 1.82) is 0 Å². The van der Waals surface area contributed by atoms with Gasteiger partial charge in [0.2, 0.25) is 15.9 Å². The summed E-state index contributed by atoms with van der Waals surface area (Å²) in [7, 11) is -2.07. The molecular weight excluding hydrogens is 424 g/mol. The number of benzene rings is 2. The fraction of sp³-hybridized carbons (Fsp3) is 0.400. The van der Waals surface area contributed by atoms with Gasteiger partial charge in [-0.05, 0) is 49.6 Å². The average molecular weight is 455 g/mol. The maximum Gasteiger partial charge on any atom is 0.243 e. The molecule has 1 amide bonds. The third-order valence-electron chi connectivity index (χ3n) is 6.41. The third kappa shape index (κ3) is 4.59. The van der Waals surface area contributed by atoms with Gasteiger partial charge in [0.1, 0.15) is 5.75 Å². The molecule has 170 valence electrons. The Kier molecular flexibility index (Phi) is 6.67. The summed E-state index contributed by atoms with van der Waals surface area (Å²) in [5.41, 5.74) is 2.01. The van der Waals surface area contributed by atoms with E-state index >= 15 is 0 Å². The fourth-order valence-electron chi connectivity index (χ4n) is 4.62. The maximum absolute atomic E-state index is 13.5. The number of hydrogen-bond donors (Lipinski definition) is 0. The van der Waals surface area contributed by atoms with Crippen LogP contribution in [0.25, 0.3) is 0 Å². The zero-order valence-corrected chi connectivity index (χ0v) is 19.4. The lowest BCUT2D eigenvalue weighted by Gasteiger charge is -2.41. The molecule has 4 rings (SSSR count). The van der Waals surface area contributed by atoms with Crippen molar-refractivity contribution < 1.29 is 17.9 Å². The lowest BCUT2D eigenvalue weighted by atomic mass is 9.83. The second-order valence-corrected chi connectivity index (χ2v) is 10.4. The Morgan fingerprint density at radius 1 is 1.00 bits per heavy atom. The van der Waals surface area contributed by atoms with Gasteiger partial charge >= 0.3 is 0 Å². The summed E-state index contributed by atoms with van der Waals surface area (Å²) in [4.78, 5) is 15.6. The van der Waals surface area contributed by atoms with E-state index in [0.717, 1.165) is 29.7 Å². The molecule has 1 fully saturated rings. The molecule has 2 aliphatic rings. The molecule has 1 aliphatic carbocycles. The van der Waals surface area contributed by atoms with Crippen LogP contribution in [0.2, 0.25) is 0 Å². The summed E-state index contributed by atoms with van der Waals surface area (Å²) in [6.07, 6.45) is 6.80. The number of nitrogens with zero attached hydrogens (tertiary/aromatic N) is 2. The fourth-order valence-corrected chi connectivity index (χ4v) is 6.27. The molecule has 0 radical (unpaired) electrons. The van der Waals surface area contributed by atoms with Crippen molar-refractivity contribution in [3.8, 4) is 5.75 Å². The summed E-state index contributed by atoms with van der Waals surface area (Å²) >= 11 is 0. The highest BCUT2D eigenvalue weighted by Gasteiger charge is 2.42. The molecule has 2 atom stereocenters. The molecule has 0 unspecified atom stereocenters. The SMILES string of the molecule is COc1ccc(CN2/C=C\CN(S(=O)(=O)c3ccc(C)cc3)[C@H]3CCCC[C@@H]3C2=O)cc1. The standard InChI is InChI=1S/C25H30N2O4S/c1-19-8-14-22(15-9-19)32(29,30)27-17-5-16-26(18-20-10-12-21(31-2)13-11-20)25(28)23-6-3-4-7-24(23)27/h5,8-16,23-24H,3-4,6-7,17-18H2,1-2H3/b16-5-/t23-,24-/m0/s1. The number of hydrogen-bond acceptors (Lipinski definition) is 4. The van der Waals surface area contributed by atoms with E-state index in [1.165, 1.54) is 0 Å². The minimum absolute atomic E-state index is 0.00873. The first kappa shape index (κ1) is 22.6. The largest absolute Gasteiger partial charge is 0.497 e. The minimum Gasteiger partial charge on any atom is -0.497 e. The van der Waals surface area contributed by atoms with Gasteiger partial charge in [-0.25, -0.2) is 8.42 Å². The molecular formula is C25H30N2O4S. The van der Waals surface area contributed by atoms with Gasteiger partial charge in [0.25, 0.3) is 0 Å². The lowest BCUT2D eigenvalue weighted by molar-refractivity contribution is -0.136. The number of aryl methyl sites for hydroxylation is 1. The van der Waals surface area contributed by atoms with Crippen LogP contribution in [-0.4, -0.2) is 43.2 Å². The molecule has 2 aromatic rings. The molecule has 0 saturated heterocycles. The van der Waals surface area contributed by atoms with Crippen molar-refractivity contribution in [3.05, 3.63) is 71.9 Å². The number of methoxy groups -OCH3 is 1. The summed E-state index contributed by atoms with van der Waals surface area (Å²) in [5, 5.41) is 0. The Hall–Kier alpha value is -2.64. The van der Waals surface area contributed by atoms with Crippen molar-refractivity contribution in [3.63, 3.8) is 0 Å². The molecule has 0 bridgehead atoms. The lowest BCUT2D eigenvalue weighted by Crippen LogP contribution is -2.52. The molecule has 0 N–H and O–H groups in total. The van der Waals surface area contributed by atoms with E-state index in [-0.39, 0.29) is 29.3 Å². The van der Waals surface area contributed by atoms with Crippen molar-refractivity contribution in [2.24, 2.45) is 5.92 Å². The van der Waals surface area contributed by atoms with E-state index in [9.17, 15) is 13.2 Å². The number of carbonyl (C=O) groups is 1. The summed E-state index contributed by atoms with van der Waals surface area (Å²) in [5.74, 6) is 0.422. The number of ether oxygens (including phenoxy) is 1. The first-order chi connectivity index (χ1) is 15.4. The molecule has 1 aliphatic heterocycles. The Balaban J connectivity index is 1.63. The second kappa shape index (κ2) is 9.46. The van der Waals surface area contributed by atoms with E-state index in [1.807, 2.05) is 43.3 Å². The first-order valence-corrected chi connectivity index (χ1v) is 12.5. The molecule has 7 heteroatoms. The van der Waals surface area contributed by atoms with Crippen LogP contribution in [0.3, 0.4) is 0 Å². The molecule has 6 nitrogen and oxygen atoms in total. The van der Waals surface area contributed by atoms with Gasteiger partial charge in [-0.15, -0.1) is 0 Å². The summed E-state index contributed by atoms with van der Waals surface area (Å²) in [6, 6.07) is 14.3. The van der Waals surface area contributed by atoms with Crippen LogP contribution in [0.1, 0.15) is 36.8 Å².